The summed E-state index contributed by atoms with van der Waals surface area (Å²) in [7, 11) is 1.64. The van der Waals surface area contributed by atoms with Crippen molar-refractivity contribution in [2.24, 2.45) is 0 Å². The van der Waals surface area contributed by atoms with Gasteiger partial charge in [-0.1, -0.05) is 0 Å². The fraction of sp³-hybridized carbons (Fsp3) is 0.476. The Kier molecular flexibility index (Phi) is 5.49. The molecular weight excluding hydrogens is 373 g/mol. The van der Waals surface area contributed by atoms with E-state index < -0.39 is 12.2 Å². The first-order valence-corrected chi connectivity index (χ1v) is 9.82. The van der Waals surface area contributed by atoms with Gasteiger partial charge in [0.15, 0.2) is 0 Å². The third-order valence-electron chi connectivity index (χ3n) is 5.66. The normalized spacial score (nSPS) is 24.6. The van der Waals surface area contributed by atoms with Crippen molar-refractivity contribution >= 4 is 22.5 Å². The van der Waals surface area contributed by atoms with Crippen LogP contribution in [0.2, 0.25) is 0 Å². The minimum atomic E-state index is -1.10. The predicted molar refractivity (Wildman–Crippen MR) is 107 cm³/mol. The Labute approximate surface area is 169 Å². The molecule has 152 valence electrons. The quantitative estimate of drug-likeness (QED) is 0.833. The molecule has 1 unspecified atom stereocenters. The lowest BCUT2D eigenvalue weighted by molar-refractivity contribution is -0.132. The molecule has 2 saturated heterocycles. The number of amides is 1. The van der Waals surface area contributed by atoms with Gasteiger partial charge >= 0.3 is 0 Å². The summed E-state index contributed by atoms with van der Waals surface area (Å²) in [4.78, 5) is 20.4. The van der Waals surface area contributed by atoms with Gasteiger partial charge in [-0.25, -0.2) is 4.39 Å². The average Bonchev–Trinajstić information content (AvgIpc) is 3.33. The third-order valence-corrected chi connectivity index (χ3v) is 5.66. The summed E-state index contributed by atoms with van der Waals surface area (Å²) in [6, 6.07) is 9.30. The number of nitriles is 1. The maximum absolute atomic E-state index is 13.6. The first-order chi connectivity index (χ1) is 14.1. The minimum absolute atomic E-state index is 0.0252. The second-order valence-corrected chi connectivity index (χ2v) is 7.63. The molecule has 1 amide bonds. The van der Waals surface area contributed by atoms with Gasteiger partial charge in [-0.3, -0.25) is 14.7 Å². The van der Waals surface area contributed by atoms with Crippen LogP contribution in [0.25, 0.3) is 10.9 Å². The number of nitrogens with zero attached hydrogens (tertiary/aromatic N) is 4. The van der Waals surface area contributed by atoms with E-state index in [1.165, 1.54) is 4.90 Å². The number of alkyl halides is 1. The molecule has 0 radical (unpaired) electrons. The fourth-order valence-corrected chi connectivity index (χ4v) is 4.16. The van der Waals surface area contributed by atoms with E-state index in [9.17, 15) is 9.18 Å². The number of nitrogens with one attached hydrogen (secondary N) is 1. The molecule has 2 fully saturated rings. The molecule has 3 heterocycles. The molecule has 8 heteroatoms. The number of carbonyl (C=O) groups excluding carboxylic acids is 1. The van der Waals surface area contributed by atoms with Crippen molar-refractivity contribution in [2.45, 2.75) is 31.1 Å². The van der Waals surface area contributed by atoms with Crippen LogP contribution in [0.4, 0.5) is 10.1 Å². The standard InChI is InChI=1S/C21H24FN5O2/c1-29-17-2-3-19-18(9-17)20(4-6-24-19)25-15-5-7-26(12-15)13-21(28)27-11-14(22)8-16(27)10-23/h2-4,6,9,14-16H,5,7-8,11-13H2,1H3,(H,24,25)/t14-,15+,16?/m0/s1. The predicted octanol–water partition coefficient (Wildman–Crippen LogP) is 2.19. The second-order valence-electron chi connectivity index (χ2n) is 7.63. The van der Waals surface area contributed by atoms with Gasteiger partial charge in [-0.15, -0.1) is 0 Å². The van der Waals surface area contributed by atoms with Gasteiger partial charge in [0, 0.05) is 42.8 Å². The molecule has 2 aliphatic heterocycles. The SMILES string of the molecule is COc1ccc2nccc(N[C@@H]3CCN(CC(=O)N4C[C@@H](F)CC4C#N)C3)c2c1. The average molecular weight is 397 g/mol. The summed E-state index contributed by atoms with van der Waals surface area (Å²) in [5, 5.41) is 13.7. The van der Waals surface area contributed by atoms with Crippen molar-refractivity contribution in [2.75, 3.05) is 38.6 Å². The molecule has 1 aromatic heterocycles. The van der Waals surface area contributed by atoms with Gasteiger partial charge in [0.05, 0.1) is 31.8 Å². The number of likely N-dealkylation sites (tertiary alicyclic amines) is 2. The number of rotatable bonds is 5. The fourth-order valence-electron chi connectivity index (χ4n) is 4.16. The lowest BCUT2D eigenvalue weighted by atomic mass is 10.1. The number of aromatic nitrogens is 1. The zero-order chi connectivity index (χ0) is 20.4. The first-order valence-electron chi connectivity index (χ1n) is 9.82. The largest absolute Gasteiger partial charge is 0.497 e. The number of anilines is 1. The van der Waals surface area contributed by atoms with Crippen LogP contribution in [0.5, 0.6) is 5.75 Å². The summed E-state index contributed by atoms with van der Waals surface area (Å²) in [6.07, 6.45) is 1.68. The minimum Gasteiger partial charge on any atom is -0.497 e. The van der Waals surface area contributed by atoms with Crippen LogP contribution in [0, 0.1) is 11.3 Å². The van der Waals surface area contributed by atoms with Crippen molar-refractivity contribution in [1.29, 1.82) is 5.26 Å². The zero-order valence-corrected chi connectivity index (χ0v) is 16.3. The van der Waals surface area contributed by atoms with Gasteiger partial charge in [-0.05, 0) is 30.7 Å². The summed E-state index contributed by atoms with van der Waals surface area (Å²) in [5.74, 6) is 0.604. The molecule has 3 atom stereocenters. The lowest BCUT2D eigenvalue weighted by Gasteiger charge is -2.23. The molecule has 0 spiro atoms. The summed E-state index contributed by atoms with van der Waals surface area (Å²) in [5.41, 5.74) is 1.87. The maximum atomic E-state index is 13.6. The van der Waals surface area contributed by atoms with Crippen molar-refractivity contribution in [1.82, 2.24) is 14.8 Å². The second kappa shape index (κ2) is 8.21. The van der Waals surface area contributed by atoms with Crippen LogP contribution in [-0.2, 0) is 4.79 Å². The molecule has 2 aromatic rings. The van der Waals surface area contributed by atoms with Gasteiger partial charge in [-0.2, -0.15) is 5.26 Å². The number of pyridine rings is 1. The Morgan fingerprint density at radius 1 is 1.41 bits per heavy atom. The van der Waals surface area contributed by atoms with Gasteiger partial charge in [0.25, 0.3) is 0 Å². The molecule has 0 saturated carbocycles. The van der Waals surface area contributed by atoms with Crippen molar-refractivity contribution in [3.8, 4) is 11.8 Å². The van der Waals surface area contributed by atoms with Crippen LogP contribution in [0.3, 0.4) is 0 Å². The molecule has 1 aromatic carbocycles. The van der Waals surface area contributed by atoms with E-state index >= 15 is 0 Å². The first kappa shape index (κ1) is 19.4. The van der Waals surface area contributed by atoms with E-state index in [1.807, 2.05) is 30.3 Å². The van der Waals surface area contributed by atoms with Crippen molar-refractivity contribution in [3.63, 3.8) is 0 Å². The monoisotopic (exact) mass is 397 g/mol. The Hall–Kier alpha value is -2.92. The molecular formula is C21H24FN5O2. The smallest absolute Gasteiger partial charge is 0.237 e. The van der Waals surface area contributed by atoms with E-state index in [-0.39, 0.29) is 31.5 Å². The van der Waals surface area contributed by atoms with Crippen molar-refractivity contribution in [3.05, 3.63) is 30.5 Å². The summed E-state index contributed by atoms with van der Waals surface area (Å²) in [6.45, 7) is 1.73. The molecule has 0 bridgehead atoms. The highest BCUT2D eigenvalue weighted by Gasteiger charge is 2.36. The zero-order valence-electron chi connectivity index (χ0n) is 16.3. The van der Waals surface area contributed by atoms with Gasteiger partial charge < -0.3 is 15.0 Å². The molecule has 0 aliphatic carbocycles. The van der Waals surface area contributed by atoms with Crippen LogP contribution in [0.15, 0.2) is 30.5 Å². The van der Waals surface area contributed by atoms with E-state index in [2.05, 4.69) is 15.2 Å². The number of hydrogen-bond donors (Lipinski definition) is 1. The van der Waals surface area contributed by atoms with Gasteiger partial charge in [0.2, 0.25) is 5.91 Å². The van der Waals surface area contributed by atoms with Crippen LogP contribution in [-0.4, -0.2) is 72.2 Å². The van der Waals surface area contributed by atoms with Gasteiger partial charge in [0.1, 0.15) is 18.0 Å². The number of ether oxygens (including phenoxy) is 1. The van der Waals surface area contributed by atoms with E-state index in [1.54, 1.807) is 13.3 Å². The number of halogens is 1. The van der Waals surface area contributed by atoms with E-state index in [0.717, 1.165) is 35.3 Å². The number of fused-ring (bicyclic) bond motifs is 1. The highest BCUT2D eigenvalue weighted by Crippen LogP contribution is 2.28. The highest BCUT2D eigenvalue weighted by molar-refractivity contribution is 5.92. The molecule has 4 rings (SSSR count). The summed E-state index contributed by atoms with van der Waals surface area (Å²) >= 11 is 0. The summed E-state index contributed by atoms with van der Waals surface area (Å²) < 4.78 is 18.9. The molecule has 29 heavy (non-hydrogen) atoms. The maximum Gasteiger partial charge on any atom is 0.237 e. The van der Waals surface area contributed by atoms with E-state index in [0.29, 0.717) is 6.54 Å². The number of benzene rings is 1. The Morgan fingerprint density at radius 3 is 3.07 bits per heavy atom. The van der Waals surface area contributed by atoms with E-state index in [4.69, 9.17) is 10.00 Å². The Balaban J connectivity index is 1.39. The molecule has 2 aliphatic rings. The Morgan fingerprint density at radius 2 is 2.28 bits per heavy atom. The van der Waals surface area contributed by atoms with Crippen molar-refractivity contribution < 1.29 is 13.9 Å². The number of hydrogen-bond acceptors (Lipinski definition) is 6. The highest BCUT2D eigenvalue weighted by atomic mass is 19.1. The molecule has 7 nitrogen and oxygen atoms in total. The van der Waals surface area contributed by atoms with Crippen LogP contribution >= 0.6 is 0 Å². The third kappa shape index (κ3) is 4.10. The number of methoxy groups -OCH3 is 1. The van der Waals surface area contributed by atoms with Crippen LogP contribution in [0.1, 0.15) is 12.8 Å². The van der Waals surface area contributed by atoms with Crippen LogP contribution < -0.4 is 10.1 Å². The number of carbonyl (C=O) groups is 1. The molecule has 1 N–H and O–H groups in total. The topological polar surface area (TPSA) is 81.5 Å². The Bertz CT molecular complexity index is 946. The lowest BCUT2D eigenvalue weighted by Crippen LogP contribution is -2.42.